The lowest BCUT2D eigenvalue weighted by atomic mass is 9.99. The molecule has 0 bridgehead atoms. The van der Waals surface area contributed by atoms with Crippen molar-refractivity contribution in [3.8, 4) is 11.8 Å². The van der Waals surface area contributed by atoms with Crippen LogP contribution in [0.2, 0.25) is 0 Å². The number of hydrogen-bond donors (Lipinski definition) is 2. The molecule has 1 aromatic carbocycles. The van der Waals surface area contributed by atoms with E-state index >= 15 is 0 Å². The van der Waals surface area contributed by atoms with E-state index in [2.05, 4.69) is 10.6 Å². The van der Waals surface area contributed by atoms with Crippen LogP contribution in [0.15, 0.2) is 18.2 Å². The summed E-state index contributed by atoms with van der Waals surface area (Å²) in [4.78, 5) is 11.8. The van der Waals surface area contributed by atoms with Gasteiger partial charge in [0.15, 0.2) is 0 Å². The van der Waals surface area contributed by atoms with Crippen LogP contribution in [-0.4, -0.2) is 26.1 Å². The summed E-state index contributed by atoms with van der Waals surface area (Å²) < 4.78 is 5.16. The second kappa shape index (κ2) is 5.52. The van der Waals surface area contributed by atoms with Crippen molar-refractivity contribution in [2.45, 2.75) is 6.42 Å². The van der Waals surface area contributed by atoms with Gasteiger partial charge in [-0.2, -0.15) is 5.26 Å². The number of anilines is 1. The lowest BCUT2D eigenvalue weighted by molar-refractivity contribution is -0.117. The van der Waals surface area contributed by atoms with E-state index in [0.29, 0.717) is 29.3 Å². The first kappa shape index (κ1) is 12.4. The van der Waals surface area contributed by atoms with Gasteiger partial charge >= 0.3 is 0 Å². The second-order valence-electron chi connectivity index (χ2n) is 4.30. The van der Waals surface area contributed by atoms with E-state index in [1.807, 2.05) is 6.07 Å². The molecule has 1 fully saturated rings. The van der Waals surface area contributed by atoms with Crippen molar-refractivity contribution in [2.24, 2.45) is 5.92 Å². The molecule has 1 aliphatic rings. The number of hydrogen-bond acceptors (Lipinski definition) is 4. The summed E-state index contributed by atoms with van der Waals surface area (Å²) in [6.07, 6.45) is 0.510. The summed E-state index contributed by atoms with van der Waals surface area (Å²) in [6, 6.07) is 6.99. The van der Waals surface area contributed by atoms with Gasteiger partial charge in [-0.15, -0.1) is 0 Å². The fourth-order valence-corrected chi connectivity index (χ4v) is 1.82. The summed E-state index contributed by atoms with van der Waals surface area (Å²) in [5, 5.41) is 14.7. The molecule has 18 heavy (non-hydrogen) atoms. The van der Waals surface area contributed by atoms with E-state index in [1.54, 1.807) is 18.2 Å². The number of nitriles is 1. The zero-order valence-electron chi connectivity index (χ0n) is 10.2. The Hall–Kier alpha value is -2.06. The van der Waals surface area contributed by atoms with Gasteiger partial charge in [0.1, 0.15) is 5.75 Å². The summed E-state index contributed by atoms with van der Waals surface area (Å²) in [5.41, 5.74) is 1.11. The zero-order valence-corrected chi connectivity index (χ0v) is 10.2. The molecule has 2 N–H and O–H groups in total. The van der Waals surface area contributed by atoms with Gasteiger partial charge in [0.2, 0.25) is 5.91 Å². The van der Waals surface area contributed by atoms with Crippen molar-refractivity contribution in [1.82, 2.24) is 5.32 Å². The number of ether oxygens (including phenoxy) is 1. The normalized spacial score (nSPS) is 14.4. The van der Waals surface area contributed by atoms with E-state index in [1.165, 1.54) is 7.11 Å². The molecule has 1 heterocycles. The quantitative estimate of drug-likeness (QED) is 0.833. The molecule has 0 radical (unpaired) electrons. The predicted octanol–water partition coefficient (Wildman–Crippen LogP) is 1.11. The van der Waals surface area contributed by atoms with Crippen molar-refractivity contribution in [3.63, 3.8) is 0 Å². The Morgan fingerprint density at radius 2 is 2.39 bits per heavy atom. The first-order chi connectivity index (χ1) is 8.72. The van der Waals surface area contributed by atoms with Crippen LogP contribution in [0.3, 0.4) is 0 Å². The Labute approximate surface area is 106 Å². The van der Waals surface area contributed by atoms with E-state index in [4.69, 9.17) is 10.00 Å². The Morgan fingerprint density at radius 3 is 2.94 bits per heavy atom. The van der Waals surface area contributed by atoms with Crippen LogP contribution < -0.4 is 15.4 Å². The van der Waals surface area contributed by atoms with Crippen molar-refractivity contribution >= 4 is 11.6 Å². The van der Waals surface area contributed by atoms with Gasteiger partial charge in [0, 0.05) is 12.5 Å². The number of benzene rings is 1. The molecule has 0 unspecified atom stereocenters. The van der Waals surface area contributed by atoms with Crippen LogP contribution in [0.4, 0.5) is 5.69 Å². The van der Waals surface area contributed by atoms with Gasteiger partial charge in [-0.05, 0) is 31.1 Å². The summed E-state index contributed by atoms with van der Waals surface area (Å²) >= 11 is 0. The third-order valence-electron chi connectivity index (χ3n) is 2.94. The van der Waals surface area contributed by atoms with Crippen LogP contribution >= 0.6 is 0 Å². The highest BCUT2D eigenvalue weighted by atomic mass is 16.5. The SMILES string of the molecule is COc1cc(C#N)ccc1NC(=O)CC1CNC1. The molecule has 0 aliphatic carbocycles. The van der Waals surface area contributed by atoms with E-state index in [-0.39, 0.29) is 5.91 Å². The van der Waals surface area contributed by atoms with E-state index < -0.39 is 0 Å². The molecule has 1 saturated heterocycles. The van der Waals surface area contributed by atoms with Gasteiger partial charge in [-0.3, -0.25) is 4.79 Å². The molecule has 0 atom stereocenters. The summed E-state index contributed by atoms with van der Waals surface area (Å²) in [5.74, 6) is 0.910. The molecule has 94 valence electrons. The highest BCUT2D eigenvalue weighted by Crippen LogP contribution is 2.25. The van der Waals surface area contributed by atoms with Crippen molar-refractivity contribution in [2.75, 3.05) is 25.5 Å². The van der Waals surface area contributed by atoms with Crippen LogP contribution in [0, 0.1) is 17.2 Å². The smallest absolute Gasteiger partial charge is 0.224 e. The first-order valence-corrected chi connectivity index (χ1v) is 5.81. The van der Waals surface area contributed by atoms with Crippen molar-refractivity contribution in [3.05, 3.63) is 23.8 Å². The van der Waals surface area contributed by atoms with Gasteiger partial charge < -0.3 is 15.4 Å². The number of rotatable bonds is 4. The maximum Gasteiger partial charge on any atom is 0.224 e. The maximum absolute atomic E-state index is 11.8. The fraction of sp³-hybridized carbons (Fsp3) is 0.385. The van der Waals surface area contributed by atoms with Crippen LogP contribution in [0.5, 0.6) is 5.75 Å². The average Bonchev–Trinajstić information content (AvgIpc) is 2.34. The molecule has 0 spiro atoms. The lowest BCUT2D eigenvalue weighted by Crippen LogP contribution is -2.43. The lowest BCUT2D eigenvalue weighted by Gasteiger charge is -2.26. The van der Waals surface area contributed by atoms with Gasteiger partial charge in [0.25, 0.3) is 0 Å². The fourth-order valence-electron chi connectivity index (χ4n) is 1.82. The molecule has 1 aromatic rings. The van der Waals surface area contributed by atoms with Gasteiger partial charge in [-0.25, -0.2) is 0 Å². The largest absolute Gasteiger partial charge is 0.495 e. The molecular formula is C13H15N3O2. The molecule has 1 aliphatic heterocycles. The Bertz CT molecular complexity index is 489. The Kier molecular flexibility index (Phi) is 3.80. The van der Waals surface area contributed by atoms with Gasteiger partial charge in [0.05, 0.1) is 24.4 Å². The van der Waals surface area contributed by atoms with E-state index in [0.717, 1.165) is 13.1 Å². The van der Waals surface area contributed by atoms with Crippen LogP contribution in [0.25, 0.3) is 0 Å². The van der Waals surface area contributed by atoms with Crippen molar-refractivity contribution < 1.29 is 9.53 Å². The number of carbonyl (C=O) groups is 1. The minimum Gasteiger partial charge on any atom is -0.495 e. The molecule has 5 nitrogen and oxygen atoms in total. The van der Waals surface area contributed by atoms with Crippen LogP contribution in [0.1, 0.15) is 12.0 Å². The Morgan fingerprint density at radius 1 is 1.61 bits per heavy atom. The number of amides is 1. The molecule has 1 amide bonds. The predicted molar refractivity (Wildman–Crippen MR) is 67.3 cm³/mol. The zero-order chi connectivity index (χ0) is 13.0. The first-order valence-electron chi connectivity index (χ1n) is 5.81. The summed E-state index contributed by atoms with van der Waals surface area (Å²) in [6.45, 7) is 1.80. The Balaban J connectivity index is 2.03. The average molecular weight is 245 g/mol. The number of carbonyl (C=O) groups excluding carboxylic acids is 1. The number of methoxy groups -OCH3 is 1. The third kappa shape index (κ3) is 2.79. The molecule has 2 rings (SSSR count). The molecule has 0 saturated carbocycles. The monoisotopic (exact) mass is 245 g/mol. The van der Waals surface area contributed by atoms with E-state index in [9.17, 15) is 4.79 Å². The van der Waals surface area contributed by atoms with Gasteiger partial charge in [-0.1, -0.05) is 0 Å². The molecule has 0 aromatic heterocycles. The highest BCUT2D eigenvalue weighted by Gasteiger charge is 2.20. The molecule has 5 heteroatoms. The summed E-state index contributed by atoms with van der Waals surface area (Å²) in [7, 11) is 1.52. The topological polar surface area (TPSA) is 74.1 Å². The minimum absolute atomic E-state index is 0.0236. The highest BCUT2D eigenvalue weighted by molar-refractivity contribution is 5.92. The number of nitrogens with one attached hydrogen (secondary N) is 2. The van der Waals surface area contributed by atoms with Crippen LogP contribution in [-0.2, 0) is 4.79 Å². The number of nitrogens with zero attached hydrogens (tertiary/aromatic N) is 1. The minimum atomic E-state index is -0.0236. The standard InChI is InChI=1S/C13H15N3O2/c1-18-12-4-9(6-14)2-3-11(12)16-13(17)5-10-7-15-8-10/h2-4,10,15H,5,7-8H2,1H3,(H,16,17). The van der Waals surface area contributed by atoms with Crippen molar-refractivity contribution in [1.29, 1.82) is 5.26 Å². The third-order valence-corrected chi connectivity index (χ3v) is 2.94. The second-order valence-corrected chi connectivity index (χ2v) is 4.30. The molecular weight excluding hydrogens is 230 g/mol. The maximum atomic E-state index is 11.8.